The summed E-state index contributed by atoms with van der Waals surface area (Å²) in [4.78, 5) is 25.1. The Morgan fingerprint density at radius 1 is 1.33 bits per heavy atom. The van der Waals surface area contributed by atoms with Crippen LogP contribution in [0.2, 0.25) is 0 Å². The van der Waals surface area contributed by atoms with Crippen LogP contribution in [0.3, 0.4) is 0 Å². The van der Waals surface area contributed by atoms with E-state index in [1.807, 2.05) is 6.92 Å². The van der Waals surface area contributed by atoms with Crippen LogP contribution in [-0.4, -0.2) is 40.1 Å². The van der Waals surface area contributed by atoms with E-state index >= 15 is 0 Å². The summed E-state index contributed by atoms with van der Waals surface area (Å²) in [5, 5.41) is 8.53. The summed E-state index contributed by atoms with van der Waals surface area (Å²) in [6.07, 6.45) is 2.93. The van der Waals surface area contributed by atoms with Gasteiger partial charge in [0.05, 0.1) is 11.5 Å². The van der Waals surface area contributed by atoms with Gasteiger partial charge in [-0.2, -0.15) is 5.10 Å². The van der Waals surface area contributed by atoms with Crippen LogP contribution in [-0.2, 0) is 11.3 Å². The predicted molar refractivity (Wildman–Crippen MR) is 106 cm³/mol. The van der Waals surface area contributed by atoms with E-state index in [0.29, 0.717) is 29.0 Å². The topological polar surface area (TPSA) is 97.3 Å². The first kappa shape index (κ1) is 19.2. The minimum absolute atomic E-state index is 0.142. The van der Waals surface area contributed by atoms with Crippen molar-refractivity contribution in [3.8, 4) is 0 Å². The van der Waals surface area contributed by atoms with E-state index in [2.05, 4.69) is 21.3 Å². The molecule has 0 radical (unpaired) electrons. The Kier molecular flexibility index (Phi) is 6.36. The Morgan fingerprint density at radius 2 is 2.11 bits per heavy atom. The SMILES string of the molecule is CCCn1nc(C(=O)NNC(=S)NC[C@H]2CCCO2)c2ccccc2c1=O. The molecule has 1 saturated heterocycles. The van der Waals surface area contributed by atoms with Crippen LogP contribution in [0.25, 0.3) is 10.8 Å². The lowest BCUT2D eigenvalue weighted by Gasteiger charge is -2.15. The molecule has 0 saturated carbocycles. The molecule has 0 bridgehead atoms. The van der Waals surface area contributed by atoms with Crippen molar-refractivity contribution in [1.29, 1.82) is 0 Å². The number of thiocarbonyl (C=S) groups is 1. The number of rotatable bonds is 5. The zero-order chi connectivity index (χ0) is 19.2. The van der Waals surface area contributed by atoms with Crippen molar-refractivity contribution in [2.45, 2.75) is 38.8 Å². The highest BCUT2D eigenvalue weighted by molar-refractivity contribution is 7.80. The van der Waals surface area contributed by atoms with Gasteiger partial charge in [-0.05, 0) is 37.5 Å². The van der Waals surface area contributed by atoms with Crippen molar-refractivity contribution >= 4 is 34.0 Å². The number of amides is 1. The predicted octanol–water partition coefficient (Wildman–Crippen LogP) is 1.09. The first-order valence-corrected chi connectivity index (χ1v) is 9.46. The van der Waals surface area contributed by atoms with E-state index < -0.39 is 5.91 Å². The molecule has 1 amide bonds. The number of hydrogen-bond acceptors (Lipinski definition) is 5. The van der Waals surface area contributed by atoms with E-state index in [9.17, 15) is 9.59 Å². The van der Waals surface area contributed by atoms with Crippen molar-refractivity contribution in [3.63, 3.8) is 0 Å². The Labute approximate surface area is 162 Å². The smallest absolute Gasteiger partial charge is 0.290 e. The molecule has 9 heteroatoms. The fourth-order valence-corrected chi connectivity index (χ4v) is 3.13. The maximum atomic E-state index is 12.6. The molecule has 27 heavy (non-hydrogen) atoms. The molecule has 1 aromatic carbocycles. The summed E-state index contributed by atoms with van der Waals surface area (Å²) < 4.78 is 6.84. The number of carbonyl (C=O) groups is 1. The third kappa shape index (κ3) is 4.61. The zero-order valence-electron chi connectivity index (χ0n) is 15.2. The lowest BCUT2D eigenvalue weighted by Crippen LogP contribution is -2.48. The van der Waals surface area contributed by atoms with Gasteiger partial charge in [-0.25, -0.2) is 4.68 Å². The van der Waals surface area contributed by atoms with Gasteiger partial charge in [0.2, 0.25) is 0 Å². The minimum atomic E-state index is -0.461. The number of hydrazine groups is 1. The van der Waals surface area contributed by atoms with Gasteiger partial charge in [-0.15, -0.1) is 0 Å². The summed E-state index contributed by atoms with van der Waals surface area (Å²) in [5.41, 5.74) is 5.19. The molecule has 1 aliphatic heterocycles. The third-order valence-electron chi connectivity index (χ3n) is 4.32. The van der Waals surface area contributed by atoms with E-state index in [1.54, 1.807) is 24.3 Å². The number of nitrogens with one attached hydrogen (secondary N) is 3. The molecular weight excluding hydrogens is 366 g/mol. The van der Waals surface area contributed by atoms with E-state index in [1.165, 1.54) is 4.68 Å². The summed E-state index contributed by atoms with van der Waals surface area (Å²) >= 11 is 5.17. The monoisotopic (exact) mass is 389 g/mol. The van der Waals surface area contributed by atoms with Crippen LogP contribution in [0, 0.1) is 0 Å². The highest BCUT2D eigenvalue weighted by Gasteiger charge is 2.18. The number of ether oxygens (including phenoxy) is 1. The number of aryl methyl sites for hydroxylation is 1. The van der Waals surface area contributed by atoms with E-state index in [-0.39, 0.29) is 17.4 Å². The fourth-order valence-electron chi connectivity index (χ4n) is 2.99. The van der Waals surface area contributed by atoms with Gasteiger partial charge in [-0.1, -0.05) is 25.1 Å². The largest absolute Gasteiger partial charge is 0.376 e. The Morgan fingerprint density at radius 3 is 2.81 bits per heavy atom. The highest BCUT2D eigenvalue weighted by Crippen LogP contribution is 2.13. The number of nitrogens with zero attached hydrogens (tertiary/aromatic N) is 2. The van der Waals surface area contributed by atoms with E-state index in [4.69, 9.17) is 17.0 Å². The molecule has 1 atom stereocenters. The van der Waals surface area contributed by atoms with Gasteiger partial charge >= 0.3 is 0 Å². The molecule has 0 spiro atoms. The van der Waals surface area contributed by atoms with Crippen molar-refractivity contribution in [2.75, 3.05) is 13.2 Å². The second-order valence-electron chi connectivity index (χ2n) is 6.35. The zero-order valence-corrected chi connectivity index (χ0v) is 16.0. The van der Waals surface area contributed by atoms with Gasteiger partial charge in [0.1, 0.15) is 0 Å². The lowest BCUT2D eigenvalue weighted by atomic mass is 10.1. The van der Waals surface area contributed by atoms with Crippen LogP contribution in [0.5, 0.6) is 0 Å². The van der Waals surface area contributed by atoms with Crippen molar-refractivity contribution in [3.05, 3.63) is 40.3 Å². The number of fused-ring (bicyclic) bond motifs is 1. The summed E-state index contributed by atoms with van der Waals surface area (Å²) in [7, 11) is 0. The van der Waals surface area contributed by atoms with Crippen LogP contribution in [0.15, 0.2) is 29.1 Å². The van der Waals surface area contributed by atoms with Gasteiger partial charge in [0.25, 0.3) is 11.5 Å². The van der Waals surface area contributed by atoms with Crippen LogP contribution >= 0.6 is 12.2 Å². The third-order valence-corrected chi connectivity index (χ3v) is 4.57. The molecule has 2 aromatic rings. The molecule has 144 valence electrons. The molecule has 0 unspecified atom stereocenters. The molecular formula is C18H23N5O3S. The second-order valence-corrected chi connectivity index (χ2v) is 6.75. The van der Waals surface area contributed by atoms with Gasteiger partial charge in [0.15, 0.2) is 10.8 Å². The molecule has 3 N–H and O–H groups in total. The standard InChI is InChI=1S/C18H23N5O3S/c1-2-9-23-17(25)14-8-4-3-7-13(14)15(22-23)16(24)20-21-18(27)19-11-12-6-5-10-26-12/h3-4,7-8,12H,2,5-6,9-11H2,1H3,(H,20,24)(H2,19,21,27)/t12-/m1/s1. The molecule has 1 aromatic heterocycles. The number of benzene rings is 1. The molecule has 2 heterocycles. The van der Waals surface area contributed by atoms with Crippen LogP contribution in [0.4, 0.5) is 0 Å². The molecule has 8 nitrogen and oxygen atoms in total. The van der Waals surface area contributed by atoms with Gasteiger partial charge < -0.3 is 10.1 Å². The Hall–Kier alpha value is -2.52. The van der Waals surface area contributed by atoms with Gasteiger partial charge in [-0.3, -0.25) is 20.4 Å². The van der Waals surface area contributed by atoms with Crippen molar-refractivity contribution in [2.24, 2.45) is 0 Å². The average molecular weight is 389 g/mol. The lowest BCUT2D eigenvalue weighted by molar-refractivity contribution is 0.0937. The van der Waals surface area contributed by atoms with Crippen LogP contribution in [0.1, 0.15) is 36.7 Å². The number of aromatic nitrogens is 2. The average Bonchev–Trinajstić information content (AvgIpc) is 3.20. The maximum absolute atomic E-state index is 12.6. The summed E-state index contributed by atoms with van der Waals surface area (Å²) in [5.74, 6) is -0.461. The summed E-state index contributed by atoms with van der Waals surface area (Å²) in [6, 6.07) is 6.95. The normalized spacial score (nSPS) is 16.3. The van der Waals surface area contributed by atoms with Crippen molar-refractivity contribution < 1.29 is 9.53 Å². The second kappa shape index (κ2) is 8.92. The number of hydrogen-bond donors (Lipinski definition) is 3. The minimum Gasteiger partial charge on any atom is -0.376 e. The molecule has 3 rings (SSSR count). The first-order chi connectivity index (χ1) is 13.1. The maximum Gasteiger partial charge on any atom is 0.290 e. The molecule has 0 aliphatic carbocycles. The summed E-state index contributed by atoms with van der Waals surface area (Å²) in [6.45, 7) is 3.75. The van der Waals surface area contributed by atoms with Crippen LogP contribution < -0.4 is 21.7 Å². The van der Waals surface area contributed by atoms with E-state index in [0.717, 1.165) is 25.9 Å². The van der Waals surface area contributed by atoms with Crippen molar-refractivity contribution in [1.82, 2.24) is 25.9 Å². The fraction of sp³-hybridized carbons (Fsp3) is 0.444. The quantitative estimate of drug-likeness (QED) is 0.520. The molecule has 1 fully saturated rings. The van der Waals surface area contributed by atoms with Gasteiger partial charge in [0, 0.05) is 25.1 Å². The Bertz CT molecular complexity index is 892. The highest BCUT2D eigenvalue weighted by atomic mass is 32.1. The number of carbonyl (C=O) groups excluding carboxylic acids is 1. The molecule has 1 aliphatic rings. The Balaban J connectivity index is 1.70. The first-order valence-electron chi connectivity index (χ1n) is 9.05.